The van der Waals surface area contributed by atoms with Crippen molar-refractivity contribution in [2.24, 2.45) is 0 Å². The molecule has 0 aliphatic heterocycles. The lowest BCUT2D eigenvalue weighted by Crippen LogP contribution is -2.39. The molecule has 4 N–H and O–H groups in total. The minimum Gasteiger partial charge on any atom is -0.394 e. The Hall–Kier alpha value is -0.490. The van der Waals surface area contributed by atoms with Gasteiger partial charge in [-0.3, -0.25) is 0 Å². The second kappa shape index (κ2) is 5.20. The monoisotopic (exact) mass is 170 g/mol. The van der Waals surface area contributed by atoms with Crippen molar-refractivity contribution in [2.45, 2.75) is 24.7 Å². The molecule has 0 spiro atoms. The number of rotatable bonds is 5. The molecule has 0 aromatic rings. The lowest BCUT2D eigenvalue weighted by molar-refractivity contribution is -0.115. The van der Waals surface area contributed by atoms with Gasteiger partial charge in [0.15, 0.2) is 0 Å². The Bertz CT molecular complexity index is 116. The first-order valence-corrected chi connectivity index (χ1v) is 3.22. The third-order valence-electron chi connectivity index (χ3n) is 1.31. The quantitative estimate of drug-likeness (QED) is 0.273. The molecule has 0 fully saturated rings. The zero-order chi connectivity index (χ0) is 8.85. The average molecular weight is 170 g/mol. The number of carbonyl (C=O) groups is 1. The summed E-state index contributed by atoms with van der Waals surface area (Å²) in [6.07, 6.45) is -4.00. The van der Waals surface area contributed by atoms with Gasteiger partial charge >= 0.3 is 0 Å². The van der Waals surface area contributed by atoms with Crippen LogP contribution < -0.4 is 0 Å². The summed E-state index contributed by atoms with van der Waals surface area (Å²) in [6, 6.07) is 0. The van der Waals surface area contributed by atoms with Crippen molar-refractivity contribution in [1.29, 1.82) is 0 Å². The van der Waals surface area contributed by atoms with E-state index in [-0.39, 0.29) is 6.42 Å². The van der Waals surface area contributed by atoms with Crippen molar-refractivity contribution in [3.05, 3.63) is 0 Å². The summed E-state index contributed by atoms with van der Waals surface area (Å²) >= 11 is 0. The maximum Gasteiger partial charge on any atom is 0.122 e. The fourth-order valence-corrected chi connectivity index (χ4v) is 0.602. The Balaban J connectivity index is 3.79. The fraction of sp³-hybridized carbons (Fsp3) is 0.833. The molecule has 0 bridgehead atoms. The van der Waals surface area contributed by atoms with Gasteiger partial charge in [0.1, 0.15) is 18.5 Å². The zero-order valence-corrected chi connectivity index (χ0v) is 5.92. The molecule has 0 unspecified atom stereocenters. The van der Waals surface area contributed by atoms with Crippen LogP contribution in [-0.4, -0.2) is 51.6 Å². The Kier molecular flexibility index (Phi) is 4.97. The van der Waals surface area contributed by atoms with E-state index in [9.17, 15) is 4.79 Å². The second-order valence-corrected chi connectivity index (χ2v) is 2.21. The van der Waals surface area contributed by atoms with E-state index < -0.39 is 24.9 Å². The van der Waals surface area contributed by atoms with Crippen LogP contribution in [0.25, 0.3) is 0 Å². The number of hydrogen-bond donors (Lipinski definition) is 4. The lowest BCUT2D eigenvalue weighted by atomic mass is 11.0. The van der Waals surface area contributed by atoms with Crippen LogP contribution in [0.3, 0.4) is 0 Å². The van der Waals surface area contributed by atoms with Gasteiger partial charge in [0, 0.05) is 6.42 Å². The molecule has 0 aromatic heterocycles. The first-order chi connectivity index (χ1) is 5.13. The van der Waals surface area contributed by atoms with E-state index >= 15 is 0 Å². The summed E-state index contributed by atoms with van der Waals surface area (Å²) in [5.41, 5.74) is 0. The van der Waals surface area contributed by atoms with Crippen molar-refractivity contribution in [2.75, 3.05) is 6.61 Å². The molecule has 0 amide bonds. The van der Waals surface area contributed by atoms with Gasteiger partial charge in [-0.1, -0.05) is 0 Å². The molecule has 0 aromatic carbocycles. The molecule has 5 nitrogen and oxygen atoms in total. The van der Waals surface area contributed by atoms with E-state index in [1.165, 1.54) is 0 Å². The van der Waals surface area contributed by atoms with Crippen molar-refractivity contribution < 1.29 is 25.2 Å². The van der Waals surface area contributed by atoms with Crippen LogP contribution in [0, 0.1) is 0 Å². The Morgan fingerprint density at radius 3 is 2.09 bits per heavy atom. The van der Waals surface area contributed by atoms with E-state index in [4.69, 9.17) is 20.4 Å². The normalized spacial score (nSPS) is 18.9. The third kappa shape index (κ3) is 3.43. The highest BCUT2D eigenvalue weighted by Gasteiger charge is 2.23. The van der Waals surface area contributed by atoms with E-state index in [2.05, 4.69) is 0 Å². The van der Waals surface area contributed by atoms with Gasteiger partial charge in [0.25, 0.3) is 0 Å². The summed E-state index contributed by atoms with van der Waals surface area (Å²) in [7, 11) is 0. The average Bonchev–Trinajstić information content (AvgIpc) is 2.02. The minimum atomic E-state index is -1.47. The number of aliphatic hydroxyl groups is 4. The Morgan fingerprint density at radius 1 is 1.18 bits per heavy atom. The van der Waals surface area contributed by atoms with E-state index in [1.807, 2.05) is 0 Å². The van der Waals surface area contributed by atoms with Gasteiger partial charge in [0.2, 0.25) is 0 Å². The number of carbonyl (C=O) groups excluding carboxylic acids is 1. The van der Waals surface area contributed by atoms with Gasteiger partial charge in [-0.05, 0) is 0 Å². The van der Waals surface area contributed by atoms with Gasteiger partial charge in [0.05, 0.1) is 12.7 Å². The first kappa shape index (κ1) is 10.5. The number of aliphatic hydroxyl groups excluding tert-OH is 4. The highest BCUT2D eigenvalue weighted by atomic mass is 16.5. The molecular weight excluding hydrogens is 158 g/mol. The molecule has 0 saturated heterocycles. The van der Waals surface area contributed by atoms with Crippen molar-refractivity contribution in [3.63, 3.8) is 0 Å². The maximum atomic E-state index is 9.82. The van der Waals surface area contributed by atoms with Gasteiger partial charge < -0.3 is 25.2 Å². The predicted octanol–water partition coefficient (Wildman–Crippen LogP) is -2.35. The fourth-order valence-electron chi connectivity index (χ4n) is 0.602. The molecule has 0 aliphatic rings. The largest absolute Gasteiger partial charge is 0.394 e. The molecule has 0 heterocycles. The molecule has 5 heteroatoms. The highest BCUT2D eigenvalue weighted by Crippen LogP contribution is 2.01. The Morgan fingerprint density at radius 2 is 1.73 bits per heavy atom. The second-order valence-electron chi connectivity index (χ2n) is 2.21. The van der Waals surface area contributed by atoms with Crippen molar-refractivity contribution in [1.82, 2.24) is 0 Å². The van der Waals surface area contributed by atoms with Crippen LogP contribution in [0.5, 0.6) is 0 Å². The molecule has 0 aliphatic carbocycles. The SMILES string of the molecule is O=[13CH][13CH2][13C@@H](O)[13C@H](O)[13C@H](O)[13CH2]O. The van der Waals surface area contributed by atoms with Crippen LogP contribution in [0.4, 0.5) is 0 Å². The maximum absolute atomic E-state index is 9.82. The van der Waals surface area contributed by atoms with Crippen LogP contribution in [0.2, 0.25) is 0 Å². The van der Waals surface area contributed by atoms with Crippen molar-refractivity contribution in [3.8, 4) is 0 Å². The van der Waals surface area contributed by atoms with E-state index in [0.717, 1.165) is 0 Å². The van der Waals surface area contributed by atoms with E-state index in [0.29, 0.717) is 6.29 Å². The zero-order valence-electron chi connectivity index (χ0n) is 5.92. The highest BCUT2D eigenvalue weighted by molar-refractivity contribution is 5.50. The lowest BCUT2D eigenvalue weighted by Gasteiger charge is -2.19. The molecule has 0 saturated carbocycles. The molecule has 11 heavy (non-hydrogen) atoms. The van der Waals surface area contributed by atoms with Crippen LogP contribution in [-0.2, 0) is 4.79 Å². The van der Waals surface area contributed by atoms with Crippen molar-refractivity contribution >= 4 is 6.29 Å². The standard InChI is InChI=1S/C6H12O5/c7-2-1-4(9)6(11)5(10)3-8/h2,4-6,8-11H,1,3H2/t4-,5-,6+/m1/s1/i1+1,2+1,3+1,4+1,5+1,6+1. The summed E-state index contributed by atoms with van der Waals surface area (Å²) in [5, 5.41) is 34.8. The van der Waals surface area contributed by atoms with Gasteiger partial charge in [-0.2, -0.15) is 0 Å². The molecule has 0 rings (SSSR count). The van der Waals surface area contributed by atoms with Gasteiger partial charge in [-0.25, -0.2) is 0 Å². The predicted molar refractivity (Wildman–Crippen MR) is 35.8 cm³/mol. The summed E-state index contributed by atoms with van der Waals surface area (Å²) in [4.78, 5) is 9.82. The summed E-state index contributed by atoms with van der Waals surface area (Å²) < 4.78 is 0. The van der Waals surface area contributed by atoms with Crippen LogP contribution >= 0.6 is 0 Å². The smallest absolute Gasteiger partial charge is 0.122 e. The summed E-state index contributed by atoms with van der Waals surface area (Å²) in [6.45, 7) is -0.642. The molecular formula is C6H12O5. The summed E-state index contributed by atoms with van der Waals surface area (Å²) in [5.74, 6) is 0. The van der Waals surface area contributed by atoms with Crippen LogP contribution in [0.1, 0.15) is 6.42 Å². The number of aldehydes is 1. The van der Waals surface area contributed by atoms with E-state index in [1.54, 1.807) is 0 Å². The number of hydrogen-bond acceptors (Lipinski definition) is 5. The molecule has 0 radical (unpaired) electrons. The Labute approximate surface area is 63.9 Å². The molecule has 3 atom stereocenters. The molecule has 66 valence electrons. The van der Waals surface area contributed by atoms with Gasteiger partial charge in [-0.15, -0.1) is 0 Å². The minimum absolute atomic E-state index is 0.252. The first-order valence-electron chi connectivity index (χ1n) is 3.22. The van der Waals surface area contributed by atoms with Crippen LogP contribution in [0.15, 0.2) is 0 Å². The topological polar surface area (TPSA) is 98.0 Å². The third-order valence-corrected chi connectivity index (χ3v) is 1.31.